The van der Waals surface area contributed by atoms with Crippen LogP contribution in [0, 0.1) is 0 Å². The molecule has 1 rings (SSSR count). The number of H-pyrrole nitrogens is 1. The number of carbonyl (C=O) groups is 1. The second-order valence-corrected chi connectivity index (χ2v) is 3.30. The number of nitrogens with one attached hydrogen (secondary N) is 1. The van der Waals surface area contributed by atoms with Crippen molar-refractivity contribution in [3.8, 4) is 0 Å². The molecule has 0 bridgehead atoms. The quantitative estimate of drug-likeness (QED) is 0.414. The van der Waals surface area contributed by atoms with Crippen LogP contribution in [-0.2, 0) is 0 Å². The number of hydrazine groups is 1. The second kappa shape index (κ2) is 4.71. The van der Waals surface area contributed by atoms with Crippen LogP contribution in [0.15, 0.2) is 0 Å². The van der Waals surface area contributed by atoms with Gasteiger partial charge in [0.15, 0.2) is 5.82 Å². The van der Waals surface area contributed by atoms with Crippen molar-refractivity contribution >= 4 is 11.8 Å². The van der Waals surface area contributed by atoms with Crippen LogP contribution in [0.5, 0.6) is 0 Å². The number of nitrogens with zero attached hydrogens (tertiary/aromatic N) is 4. The Morgan fingerprint density at radius 3 is 2.67 bits per heavy atom. The number of likely N-dealkylation sites (N-methyl/N-ethyl adjacent to an activating group) is 1. The Hall–Kier alpha value is -1.67. The Balaban J connectivity index is 2.69. The minimum absolute atomic E-state index is 0.143. The van der Waals surface area contributed by atoms with Gasteiger partial charge in [-0.2, -0.15) is 5.21 Å². The molecule has 8 nitrogen and oxygen atoms in total. The molecule has 8 heteroatoms. The SMILES string of the molecule is CN(C)CCN(N)c1n[nH]nc1C(=O)O. The highest BCUT2D eigenvalue weighted by atomic mass is 16.4. The average Bonchev–Trinajstić information content (AvgIpc) is 2.62. The van der Waals surface area contributed by atoms with E-state index in [4.69, 9.17) is 10.9 Å². The monoisotopic (exact) mass is 214 g/mol. The molecule has 1 aromatic heterocycles. The van der Waals surface area contributed by atoms with Gasteiger partial charge in [-0.05, 0) is 14.1 Å². The lowest BCUT2D eigenvalue weighted by atomic mass is 10.4. The van der Waals surface area contributed by atoms with Gasteiger partial charge < -0.3 is 10.0 Å². The Labute approximate surface area is 86.6 Å². The number of carboxylic acids is 1. The van der Waals surface area contributed by atoms with Gasteiger partial charge in [0.25, 0.3) is 0 Å². The summed E-state index contributed by atoms with van der Waals surface area (Å²) in [4.78, 5) is 12.6. The molecule has 0 spiro atoms. The fraction of sp³-hybridized carbons (Fsp3) is 0.571. The number of aromatic nitrogens is 3. The molecule has 4 N–H and O–H groups in total. The predicted molar refractivity (Wildman–Crippen MR) is 53.4 cm³/mol. The Morgan fingerprint density at radius 1 is 1.47 bits per heavy atom. The number of aromatic carboxylic acids is 1. The highest BCUT2D eigenvalue weighted by Crippen LogP contribution is 2.10. The van der Waals surface area contributed by atoms with Crippen molar-refractivity contribution in [2.75, 3.05) is 32.2 Å². The third kappa shape index (κ3) is 2.89. The predicted octanol–water partition coefficient (Wildman–Crippen LogP) is -1.26. The fourth-order valence-electron chi connectivity index (χ4n) is 0.983. The van der Waals surface area contributed by atoms with E-state index >= 15 is 0 Å². The van der Waals surface area contributed by atoms with Gasteiger partial charge in [0, 0.05) is 13.1 Å². The molecule has 0 fully saturated rings. The summed E-state index contributed by atoms with van der Waals surface area (Å²) in [6.45, 7) is 1.17. The molecular formula is C7H14N6O2. The number of nitrogens with two attached hydrogens (primary N) is 1. The molecule has 0 aliphatic heterocycles. The topological polar surface area (TPSA) is 111 Å². The Morgan fingerprint density at radius 2 is 2.13 bits per heavy atom. The smallest absolute Gasteiger partial charge is 0.360 e. The number of rotatable bonds is 5. The Bertz CT molecular complexity index is 336. The van der Waals surface area contributed by atoms with Gasteiger partial charge in [-0.25, -0.2) is 10.6 Å². The zero-order valence-electron chi connectivity index (χ0n) is 8.64. The van der Waals surface area contributed by atoms with Crippen LogP contribution in [0.2, 0.25) is 0 Å². The van der Waals surface area contributed by atoms with Gasteiger partial charge >= 0.3 is 5.97 Å². The minimum atomic E-state index is -1.15. The molecular weight excluding hydrogens is 200 g/mol. The van der Waals surface area contributed by atoms with Crippen LogP contribution < -0.4 is 10.9 Å². The van der Waals surface area contributed by atoms with E-state index in [-0.39, 0.29) is 11.5 Å². The summed E-state index contributed by atoms with van der Waals surface area (Å²) in [5.41, 5.74) is -0.170. The molecule has 0 saturated carbocycles. The van der Waals surface area contributed by atoms with Crippen molar-refractivity contribution in [1.29, 1.82) is 0 Å². The Kier molecular flexibility index (Phi) is 3.58. The van der Waals surface area contributed by atoms with Crippen LogP contribution >= 0.6 is 0 Å². The number of carboxylic acid groups (broad SMARTS) is 1. The third-order valence-corrected chi connectivity index (χ3v) is 1.79. The van der Waals surface area contributed by atoms with Crippen molar-refractivity contribution in [3.63, 3.8) is 0 Å². The first kappa shape index (κ1) is 11.4. The normalized spacial score (nSPS) is 10.7. The lowest BCUT2D eigenvalue weighted by Gasteiger charge is -2.18. The van der Waals surface area contributed by atoms with Crippen molar-refractivity contribution in [2.45, 2.75) is 0 Å². The van der Waals surface area contributed by atoms with Gasteiger partial charge in [-0.15, -0.1) is 10.2 Å². The maximum absolute atomic E-state index is 10.7. The summed E-state index contributed by atoms with van der Waals surface area (Å²) < 4.78 is 0. The van der Waals surface area contributed by atoms with Crippen LogP contribution in [0.3, 0.4) is 0 Å². The number of anilines is 1. The summed E-state index contributed by atoms with van der Waals surface area (Å²) in [6, 6.07) is 0. The summed E-state index contributed by atoms with van der Waals surface area (Å²) >= 11 is 0. The number of aromatic amines is 1. The zero-order chi connectivity index (χ0) is 11.4. The molecule has 0 amide bonds. The van der Waals surface area contributed by atoms with E-state index in [0.717, 1.165) is 0 Å². The van der Waals surface area contributed by atoms with Crippen LogP contribution in [-0.4, -0.2) is 58.6 Å². The van der Waals surface area contributed by atoms with Crippen LogP contribution in [0.1, 0.15) is 10.5 Å². The molecule has 0 saturated heterocycles. The van der Waals surface area contributed by atoms with Gasteiger partial charge in [0.05, 0.1) is 0 Å². The first-order chi connectivity index (χ1) is 7.02. The summed E-state index contributed by atoms with van der Waals surface area (Å²) in [6.07, 6.45) is 0. The molecule has 0 radical (unpaired) electrons. The van der Waals surface area contributed by atoms with Crippen molar-refractivity contribution in [3.05, 3.63) is 5.69 Å². The van der Waals surface area contributed by atoms with E-state index in [1.807, 2.05) is 19.0 Å². The zero-order valence-corrected chi connectivity index (χ0v) is 8.64. The van der Waals surface area contributed by atoms with E-state index in [1.165, 1.54) is 5.01 Å². The van der Waals surface area contributed by atoms with E-state index in [2.05, 4.69) is 15.4 Å². The van der Waals surface area contributed by atoms with Crippen LogP contribution in [0.4, 0.5) is 5.82 Å². The lowest BCUT2D eigenvalue weighted by Crippen LogP contribution is -2.38. The highest BCUT2D eigenvalue weighted by molar-refractivity contribution is 5.90. The molecule has 84 valence electrons. The van der Waals surface area contributed by atoms with Gasteiger partial charge in [0.2, 0.25) is 5.69 Å². The van der Waals surface area contributed by atoms with E-state index in [9.17, 15) is 4.79 Å². The molecule has 15 heavy (non-hydrogen) atoms. The van der Waals surface area contributed by atoms with Gasteiger partial charge in [-0.3, -0.25) is 5.01 Å². The second-order valence-electron chi connectivity index (χ2n) is 3.30. The molecule has 1 aromatic rings. The van der Waals surface area contributed by atoms with E-state index in [0.29, 0.717) is 13.1 Å². The average molecular weight is 214 g/mol. The molecule has 0 aliphatic rings. The standard InChI is InChI=1S/C7H14N6O2/c1-12(2)3-4-13(8)6-5(7(14)15)9-11-10-6/h3-4,8H2,1-2H3,(H,14,15)(H,9,10,11). The molecule has 1 heterocycles. The maximum atomic E-state index is 10.7. The summed E-state index contributed by atoms with van der Waals surface area (Å²) in [5.74, 6) is 4.64. The summed E-state index contributed by atoms with van der Waals surface area (Å²) in [7, 11) is 3.80. The lowest BCUT2D eigenvalue weighted by molar-refractivity contribution is 0.0691. The first-order valence-electron chi connectivity index (χ1n) is 4.33. The largest absolute Gasteiger partial charge is 0.476 e. The number of hydrogen-bond donors (Lipinski definition) is 3. The first-order valence-corrected chi connectivity index (χ1v) is 4.33. The number of hydrogen-bond acceptors (Lipinski definition) is 6. The van der Waals surface area contributed by atoms with Crippen LogP contribution in [0.25, 0.3) is 0 Å². The molecule has 0 atom stereocenters. The van der Waals surface area contributed by atoms with E-state index < -0.39 is 5.97 Å². The van der Waals surface area contributed by atoms with Crippen molar-refractivity contribution in [1.82, 2.24) is 20.3 Å². The third-order valence-electron chi connectivity index (χ3n) is 1.79. The fourth-order valence-corrected chi connectivity index (χ4v) is 0.983. The minimum Gasteiger partial charge on any atom is -0.476 e. The molecule has 0 aliphatic carbocycles. The van der Waals surface area contributed by atoms with Gasteiger partial charge in [-0.1, -0.05) is 0 Å². The summed E-state index contributed by atoms with van der Waals surface area (Å²) in [5, 5.41) is 19.4. The van der Waals surface area contributed by atoms with E-state index in [1.54, 1.807) is 0 Å². The molecule has 0 aromatic carbocycles. The highest BCUT2D eigenvalue weighted by Gasteiger charge is 2.18. The molecule has 0 unspecified atom stereocenters. The van der Waals surface area contributed by atoms with Crippen molar-refractivity contribution in [2.24, 2.45) is 5.84 Å². The maximum Gasteiger partial charge on any atom is 0.360 e. The van der Waals surface area contributed by atoms with Gasteiger partial charge in [0.1, 0.15) is 0 Å². The van der Waals surface area contributed by atoms with Crippen molar-refractivity contribution < 1.29 is 9.90 Å².